The van der Waals surface area contributed by atoms with E-state index in [0.29, 0.717) is 19.2 Å². The van der Waals surface area contributed by atoms with E-state index in [0.717, 1.165) is 38.6 Å². The number of rotatable bonds is 5. The number of hydrogen-bond acceptors (Lipinski definition) is 3. The monoisotopic (exact) mass is 298 g/mol. The summed E-state index contributed by atoms with van der Waals surface area (Å²) in [5.41, 5.74) is -0.182. The third kappa shape index (κ3) is 4.58. The second kappa shape index (κ2) is 7.99. The van der Waals surface area contributed by atoms with Gasteiger partial charge in [-0.3, -0.25) is 0 Å². The Morgan fingerprint density at radius 3 is 2.76 bits per heavy atom. The molecule has 1 atom stereocenters. The largest absolute Gasteiger partial charge is 0.396 e. The molecule has 1 unspecified atom stereocenters. The van der Waals surface area contributed by atoms with Gasteiger partial charge in [0, 0.05) is 38.3 Å². The number of aliphatic hydroxyl groups is 1. The third-order valence-corrected chi connectivity index (χ3v) is 5.05. The average Bonchev–Trinajstić information content (AvgIpc) is 2.54. The summed E-state index contributed by atoms with van der Waals surface area (Å²) in [7, 11) is 1.68. The van der Waals surface area contributed by atoms with E-state index in [1.165, 1.54) is 19.3 Å². The zero-order valence-electron chi connectivity index (χ0n) is 13.3. The van der Waals surface area contributed by atoms with Crippen LogP contribution in [0.4, 0.5) is 4.79 Å². The van der Waals surface area contributed by atoms with Crippen LogP contribution in [0.5, 0.6) is 0 Å². The van der Waals surface area contributed by atoms with Gasteiger partial charge in [0.15, 0.2) is 0 Å². The number of ether oxygens (including phenoxy) is 1. The van der Waals surface area contributed by atoms with E-state index >= 15 is 0 Å². The van der Waals surface area contributed by atoms with Crippen molar-refractivity contribution in [3.8, 4) is 0 Å². The van der Waals surface area contributed by atoms with Gasteiger partial charge in [0.25, 0.3) is 0 Å². The van der Waals surface area contributed by atoms with Crippen LogP contribution >= 0.6 is 0 Å². The van der Waals surface area contributed by atoms with Crippen LogP contribution in [0.15, 0.2) is 0 Å². The molecule has 0 aromatic rings. The average molecular weight is 298 g/mol. The first-order valence-electron chi connectivity index (χ1n) is 8.34. The molecule has 1 saturated heterocycles. The predicted octanol–water partition coefficient (Wildman–Crippen LogP) is 2.14. The summed E-state index contributed by atoms with van der Waals surface area (Å²) in [5.74, 6) is 0. The summed E-state index contributed by atoms with van der Waals surface area (Å²) in [5, 5.41) is 13.0. The van der Waals surface area contributed by atoms with Gasteiger partial charge in [-0.25, -0.2) is 4.79 Å². The number of likely N-dealkylation sites (tertiary alicyclic amines) is 1. The predicted molar refractivity (Wildman–Crippen MR) is 82.2 cm³/mol. The minimum Gasteiger partial charge on any atom is -0.396 e. The standard InChI is InChI=1S/C16H30N2O3/c1-21-11-9-16(13-19)8-5-10-18(12-16)15(20)17-14-6-3-2-4-7-14/h14,19H,2-13H2,1H3,(H,17,20). The summed E-state index contributed by atoms with van der Waals surface area (Å²) in [4.78, 5) is 14.3. The zero-order chi connectivity index (χ0) is 15.1. The highest BCUT2D eigenvalue weighted by Gasteiger charge is 2.36. The number of carbonyl (C=O) groups is 1. The smallest absolute Gasteiger partial charge is 0.317 e. The van der Waals surface area contributed by atoms with E-state index in [-0.39, 0.29) is 18.1 Å². The van der Waals surface area contributed by atoms with Crippen molar-refractivity contribution >= 4 is 6.03 Å². The molecule has 0 spiro atoms. The van der Waals surface area contributed by atoms with E-state index in [9.17, 15) is 9.90 Å². The number of methoxy groups -OCH3 is 1. The Balaban J connectivity index is 1.87. The van der Waals surface area contributed by atoms with E-state index in [1.807, 2.05) is 4.90 Å². The number of nitrogens with zero attached hydrogens (tertiary/aromatic N) is 1. The molecule has 0 aromatic carbocycles. The highest BCUT2D eigenvalue weighted by molar-refractivity contribution is 5.74. The Morgan fingerprint density at radius 2 is 2.10 bits per heavy atom. The maximum Gasteiger partial charge on any atom is 0.317 e. The van der Waals surface area contributed by atoms with Gasteiger partial charge >= 0.3 is 6.03 Å². The first-order chi connectivity index (χ1) is 10.2. The number of amides is 2. The molecule has 2 aliphatic rings. The zero-order valence-corrected chi connectivity index (χ0v) is 13.3. The van der Waals surface area contributed by atoms with Crippen molar-refractivity contribution < 1.29 is 14.6 Å². The van der Waals surface area contributed by atoms with Gasteiger partial charge in [-0.2, -0.15) is 0 Å². The lowest BCUT2D eigenvalue weighted by Crippen LogP contribution is -2.53. The van der Waals surface area contributed by atoms with Crippen molar-refractivity contribution in [3.05, 3.63) is 0 Å². The van der Waals surface area contributed by atoms with E-state index in [1.54, 1.807) is 7.11 Å². The second-order valence-electron chi connectivity index (χ2n) is 6.71. The first-order valence-corrected chi connectivity index (χ1v) is 8.34. The minimum absolute atomic E-state index is 0.0526. The maximum absolute atomic E-state index is 12.4. The molecule has 1 saturated carbocycles. The Labute approximate surface area is 128 Å². The molecule has 0 bridgehead atoms. The molecule has 1 heterocycles. The second-order valence-corrected chi connectivity index (χ2v) is 6.71. The van der Waals surface area contributed by atoms with E-state index in [2.05, 4.69) is 5.32 Å². The lowest BCUT2D eigenvalue weighted by atomic mass is 9.78. The Morgan fingerprint density at radius 1 is 1.33 bits per heavy atom. The van der Waals surface area contributed by atoms with Crippen LogP contribution in [-0.2, 0) is 4.74 Å². The van der Waals surface area contributed by atoms with Crippen LogP contribution in [0.2, 0.25) is 0 Å². The Bertz CT molecular complexity index is 331. The number of carbonyl (C=O) groups excluding carboxylic acids is 1. The summed E-state index contributed by atoms with van der Waals surface area (Å²) in [6.07, 6.45) is 8.69. The van der Waals surface area contributed by atoms with Crippen LogP contribution in [0.1, 0.15) is 51.4 Å². The molecule has 122 valence electrons. The molecule has 21 heavy (non-hydrogen) atoms. The number of aliphatic hydroxyl groups excluding tert-OH is 1. The molecule has 2 N–H and O–H groups in total. The molecule has 2 rings (SSSR count). The molecule has 2 amide bonds. The fourth-order valence-corrected chi connectivity index (χ4v) is 3.62. The minimum atomic E-state index is -0.182. The molecular weight excluding hydrogens is 268 g/mol. The van der Waals surface area contributed by atoms with Crippen LogP contribution in [0, 0.1) is 5.41 Å². The van der Waals surface area contributed by atoms with Crippen molar-refractivity contribution in [3.63, 3.8) is 0 Å². The van der Waals surface area contributed by atoms with Crippen LogP contribution in [0.25, 0.3) is 0 Å². The van der Waals surface area contributed by atoms with Gasteiger partial charge in [0.2, 0.25) is 0 Å². The van der Waals surface area contributed by atoms with E-state index < -0.39 is 0 Å². The topological polar surface area (TPSA) is 61.8 Å². The molecule has 0 aromatic heterocycles. The first kappa shape index (κ1) is 16.6. The number of nitrogens with one attached hydrogen (secondary N) is 1. The quantitative estimate of drug-likeness (QED) is 0.817. The van der Waals surface area contributed by atoms with Crippen molar-refractivity contribution in [2.45, 2.75) is 57.4 Å². The van der Waals surface area contributed by atoms with Crippen molar-refractivity contribution in [2.75, 3.05) is 33.4 Å². The lowest BCUT2D eigenvalue weighted by Gasteiger charge is -2.42. The number of hydrogen-bond donors (Lipinski definition) is 2. The summed E-state index contributed by atoms with van der Waals surface area (Å²) >= 11 is 0. The van der Waals surface area contributed by atoms with Crippen molar-refractivity contribution in [2.24, 2.45) is 5.41 Å². The SMILES string of the molecule is COCCC1(CO)CCCN(C(=O)NC2CCCCC2)C1. The normalized spacial score (nSPS) is 27.6. The summed E-state index contributed by atoms with van der Waals surface area (Å²) < 4.78 is 5.16. The highest BCUT2D eigenvalue weighted by Crippen LogP contribution is 2.33. The molecule has 2 fully saturated rings. The van der Waals surface area contributed by atoms with Crippen LogP contribution in [0.3, 0.4) is 0 Å². The molecule has 1 aliphatic carbocycles. The number of urea groups is 1. The van der Waals surface area contributed by atoms with Gasteiger partial charge in [0.05, 0.1) is 6.61 Å². The fourth-order valence-electron chi connectivity index (χ4n) is 3.62. The third-order valence-electron chi connectivity index (χ3n) is 5.05. The van der Waals surface area contributed by atoms with Gasteiger partial charge in [-0.15, -0.1) is 0 Å². The molecule has 5 nitrogen and oxygen atoms in total. The molecule has 1 aliphatic heterocycles. The molecule has 5 heteroatoms. The number of piperidine rings is 1. The fraction of sp³-hybridized carbons (Fsp3) is 0.938. The van der Waals surface area contributed by atoms with Gasteiger partial charge in [-0.05, 0) is 32.1 Å². The van der Waals surface area contributed by atoms with Gasteiger partial charge in [-0.1, -0.05) is 19.3 Å². The lowest BCUT2D eigenvalue weighted by molar-refractivity contribution is 0.0195. The summed E-state index contributed by atoms with van der Waals surface area (Å²) in [6, 6.07) is 0.396. The Hall–Kier alpha value is -0.810. The van der Waals surface area contributed by atoms with Crippen LogP contribution < -0.4 is 5.32 Å². The van der Waals surface area contributed by atoms with Crippen molar-refractivity contribution in [1.29, 1.82) is 0 Å². The van der Waals surface area contributed by atoms with Crippen molar-refractivity contribution in [1.82, 2.24) is 10.2 Å². The maximum atomic E-state index is 12.4. The molecular formula is C16H30N2O3. The molecule has 0 radical (unpaired) electrons. The van der Waals surface area contributed by atoms with Gasteiger partial charge in [0.1, 0.15) is 0 Å². The Kier molecular flexibility index (Phi) is 6.30. The highest BCUT2D eigenvalue weighted by atomic mass is 16.5. The van der Waals surface area contributed by atoms with E-state index in [4.69, 9.17) is 4.74 Å². The van der Waals surface area contributed by atoms with Crippen LogP contribution in [-0.4, -0.2) is 55.5 Å². The van der Waals surface area contributed by atoms with Gasteiger partial charge < -0.3 is 20.1 Å². The summed E-state index contributed by atoms with van der Waals surface area (Å²) in [6.45, 7) is 2.21.